The molecule has 0 aliphatic carbocycles. The van der Waals surface area contributed by atoms with Gasteiger partial charge in [0.1, 0.15) is 0 Å². The Bertz CT molecular complexity index is 430. The molecule has 0 aromatic heterocycles. The van der Waals surface area contributed by atoms with Crippen LogP contribution in [0.1, 0.15) is 24.8 Å². The molecule has 1 atom stereocenters. The highest BCUT2D eigenvalue weighted by Gasteiger charge is 2.29. The number of hydrogen-bond acceptors (Lipinski definition) is 1. The molecule has 0 N–H and O–H groups in total. The van der Waals surface area contributed by atoms with Gasteiger partial charge in [-0.05, 0) is 24.8 Å². The van der Waals surface area contributed by atoms with Crippen molar-refractivity contribution in [2.24, 2.45) is 0 Å². The molecule has 3 heteroatoms. The van der Waals surface area contributed by atoms with Crippen molar-refractivity contribution in [1.29, 1.82) is 0 Å². The first kappa shape index (κ1) is 12.6. The number of benzene rings is 1. The van der Waals surface area contributed by atoms with Gasteiger partial charge in [0.15, 0.2) is 0 Å². The van der Waals surface area contributed by atoms with E-state index >= 15 is 0 Å². The summed E-state index contributed by atoms with van der Waals surface area (Å²) in [5.41, 5.74) is 1.06. The fourth-order valence-electron chi connectivity index (χ4n) is 2.35. The van der Waals surface area contributed by atoms with Crippen LogP contribution in [-0.2, 0) is 11.2 Å². The van der Waals surface area contributed by atoms with Crippen LogP contribution in [0, 0.1) is 6.57 Å². The molecular weight excluding hydrogens is 224 g/mol. The van der Waals surface area contributed by atoms with Crippen molar-refractivity contribution < 1.29 is 4.79 Å². The summed E-state index contributed by atoms with van der Waals surface area (Å²) < 4.78 is 0. The van der Waals surface area contributed by atoms with E-state index in [-0.39, 0.29) is 5.91 Å². The quantitative estimate of drug-likeness (QED) is 0.747. The largest absolute Gasteiger partial charge is 0.336 e. The number of amides is 1. The van der Waals surface area contributed by atoms with Crippen molar-refractivity contribution in [1.82, 2.24) is 4.90 Å². The molecule has 1 fully saturated rings. The second-order valence-electron chi connectivity index (χ2n) is 4.72. The van der Waals surface area contributed by atoms with Gasteiger partial charge >= 0.3 is 11.9 Å². The van der Waals surface area contributed by atoms with E-state index in [1.807, 2.05) is 35.2 Å². The monoisotopic (exact) mass is 242 g/mol. The van der Waals surface area contributed by atoms with E-state index in [0.717, 1.165) is 31.5 Å². The minimum atomic E-state index is -0.550. The zero-order chi connectivity index (χ0) is 12.8. The molecule has 1 aliphatic rings. The molecule has 94 valence electrons. The van der Waals surface area contributed by atoms with Gasteiger partial charge in [0.2, 0.25) is 0 Å². The number of piperidine rings is 1. The lowest BCUT2D eigenvalue weighted by molar-refractivity contribution is -0.132. The van der Waals surface area contributed by atoms with Gasteiger partial charge in [0.05, 0.1) is 6.42 Å². The number of likely N-dealkylation sites (tertiary alicyclic amines) is 1. The molecule has 2 rings (SSSR count). The summed E-state index contributed by atoms with van der Waals surface area (Å²) in [5, 5.41) is 0. The maximum atomic E-state index is 12.2. The van der Waals surface area contributed by atoms with Gasteiger partial charge in [-0.15, -0.1) is 0 Å². The lowest BCUT2D eigenvalue weighted by atomic mass is 10.0. The van der Waals surface area contributed by atoms with Crippen molar-refractivity contribution in [3.05, 3.63) is 47.3 Å². The minimum absolute atomic E-state index is 0.00792. The van der Waals surface area contributed by atoms with E-state index in [0.29, 0.717) is 6.42 Å². The van der Waals surface area contributed by atoms with Gasteiger partial charge in [0.25, 0.3) is 0 Å². The van der Waals surface area contributed by atoms with E-state index in [4.69, 9.17) is 6.57 Å². The second-order valence-corrected chi connectivity index (χ2v) is 4.72. The smallest absolute Gasteiger partial charge is 0.306 e. The van der Waals surface area contributed by atoms with Crippen molar-refractivity contribution in [2.45, 2.75) is 31.7 Å². The van der Waals surface area contributed by atoms with E-state index in [2.05, 4.69) is 4.85 Å². The molecule has 18 heavy (non-hydrogen) atoms. The lowest BCUT2D eigenvalue weighted by Crippen LogP contribution is -2.41. The maximum absolute atomic E-state index is 12.2. The topological polar surface area (TPSA) is 24.7 Å². The summed E-state index contributed by atoms with van der Waals surface area (Å²) in [6, 6.07) is 9.24. The third kappa shape index (κ3) is 3.10. The minimum Gasteiger partial charge on any atom is -0.336 e. The standard InChI is InChI=1S/C15H18N2O/c1-16-14(12-13-8-4-2-5-9-13)15(18)17-10-6-3-7-11-17/h2,4-5,8-9,14H,3,6-7,10-12H2. The first-order chi connectivity index (χ1) is 8.81. The molecule has 0 saturated carbocycles. The molecule has 0 radical (unpaired) electrons. The number of carbonyl (C=O) groups is 1. The third-order valence-electron chi connectivity index (χ3n) is 3.38. The van der Waals surface area contributed by atoms with Crippen LogP contribution in [0.15, 0.2) is 30.3 Å². The Kier molecular flexibility index (Phi) is 4.35. The molecule has 3 nitrogen and oxygen atoms in total. The number of nitrogens with zero attached hydrogens (tertiary/aromatic N) is 2. The molecule has 1 unspecified atom stereocenters. The fourth-order valence-corrected chi connectivity index (χ4v) is 2.35. The van der Waals surface area contributed by atoms with Crippen molar-refractivity contribution in [3.8, 4) is 0 Å². The second kappa shape index (κ2) is 6.20. The van der Waals surface area contributed by atoms with E-state index in [9.17, 15) is 4.79 Å². The van der Waals surface area contributed by atoms with Gasteiger partial charge in [0, 0.05) is 13.1 Å². The van der Waals surface area contributed by atoms with E-state index in [1.54, 1.807) is 0 Å². The lowest BCUT2D eigenvalue weighted by Gasteiger charge is -2.26. The average Bonchev–Trinajstić information content (AvgIpc) is 2.46. The molecule has 0 bridgehead atoms. The van der Waals surface area contributed by atoms with Crippen molar-refractivity contribution in [3.63, 3.8) is 0 Å². The Balaban J connectivity index is 2.00. The molecule has 1 amide bonds. The molecule has 1 aromatic carbocycles. The Labute approximate surface area is 108 Å². The average molecular weight is 242 g/mol. The summed E-state index contributed by atoms with van der Waals surface area (Å²) in [5.74, 6) is 0.00792. The normalized spacial score (nSPS) is 16.9. The van der Waals surface area contributed by atoms with Crippen LogP contribution in [0.5, 0.6) is 0 Å². The van der Waals surface area contributed by atoms with Crippen LogP contribution in [0.2, 0.25) is 0 Å². The molecule has 1 aliphatic heterocycles. The van der Waals surface area contributed by atoms with E-state index < -0.39 is 6.04 Å². The van der Waals surface area contributed by atoms with Crippen LogP contribution in [0.25, 0.3) is 4.85 Å². The highest BCUT2D eigenvalue weighted by Crippen LogP contribution is 2.14. The molecule has 0 spiro atoms. The van der Waals surface area contributed by atoms with Gasteiger partial charge in [-0.25, -0.2) is 6.57 Å². The van der Waals surface area contributed by atoms with Gasteiger partial charge in [-0.3, -0.25) is 4.79 Å². The van der Waals surface area contributed by atoms with E-state index in [1.165, 1.54) is 6.42 Å². The highest BCUT2D eigenvalue weighted by atomic mass is 16.2. The number of hydrogen-bond donors (Lipinski definition) is 0. The zero-order valence-electron chi connectivity index (χ0n) is 10.5. The van der Waals surface area contributed by atoms with Crippen LogP contribution >= 0.6 is 0 Å². The Hall–Kier alpha value is -1.82. The third-order valence-corrected chi connectivity index (χ3v) is 3.38. The summed E-state index contributed by atoms with van der Waals surface area (Å²) in [6.45, 7) is 8.87. The first-order valence-electron chi connectivity index (χ1n) is 6.50. The SMILES string of the molecule is [C-]#[N+]C(Cc1ccccc1)C(=O)N1CCCCC1. The highest BCUT2D eigenvalue weighted by molar-refractivity contribution is 5.84. The number of carbonyl (C=O) groups excluding carboxylic acids is 1. The predicted molar refractivity (Wildman–Crippen MR) is 71.0 cm³/mol. The Morgan fingerprint density at radius 3 is 2.50 bits per heavy atom. The van der Waals surface area contributed by atoms with Crippen LogP contribution < -0.4 is 0 Å². The molecule has 1 heterocycles. The Morgan fingerprint density at radius 2 is 1.89 bits per heavy atom. The summed E-state index contributed by atoms with van der Waals surface area (Å²) >= 11 is 0. The summed E-state index contributed by atoms with van der Waals surface area (Å²) in [6.07, 6.45) is 3.87. The predicted octanol–water partition coefficient (Wildman–Crippen LogP) is 2.53. The van der Waals surface area contributed by atoms with Gasteiger partial charge in [-0.1, -0.05) is 30.3 Å². The summed E-state index contributed by atoms with van der Waals surface area (Å²) in [7, 11) is 0. The zero-order valence-corrected chi connectivity index (χ0v) is 10.5. The molecular formula is C15H18N2O. The van der Waals surface area contributed by atoms with Crippen LogP contribution in [0.4, 0.5) is 0 Å². The maximum Gasteiger partial charge on any atom is 0.306 e. The van der Waals surface area contributed by atoms with Crippen molar-refractivity contribution >= 4 is 5.91 Å². The molecule has 1 saturated heterocycles. The number of rotatable bonds is 3. The summed E-state index contributed by atoms with van der Waals surface area (Å²) in [4.78, 5) is 17.6. The fraction of sp³-hybridized carbons (Fsp3) is 0.467. The molecule has 1 aromatic rings. The van der Waals surface area contributed by atoms with Crippen LogP contribution in [-0.4, -0.2) is 29.9 Å². The van der Waals surface area contributed by atoms with Gasteiger partial charge in [-0.2, -0.15) is 0 Å². The Morgan fingerprint density at radius 1 is 1.22 bits per heavy atom. The van der Waals surface area contributed by atoms with Crippen LogP contribution in [0.3, 0.4) is 0 Å². The van der Waals surface area contributed by atoms with Crippen molar-refractivity contribution in [2.75, 3.05) is 13.1 Å². The first-order valence-corrected chi connectivity index (χ1v) is 6.50. The van der Waals surface area contributed by atoms with Gasteiger partial charge < -0.3 is 9.74 Å².